The molecule has 12 N–H and O–H groups in total. The van der Waals surface area contributed by atoms with Gasteiger partial charge in [-0.05, 0) is 181 Å². The van der Waals surface area contributed by atoms with Gasteiger partial charge in [-0.1, -0.05) is 121 Å². The lowest BCUT2D eigenvalue weighted by Gasteiger charge is -2.56. The predicted molar refractivity (Wildman–Crippen MR) is 424 cm³/mol. The van der Waals surface area contributed by atoms with E-state index in [0.717, 1.165) is 78.3 Å². The van der Waals surface area contributed by atoms with Crippen molar-refractivity contribution in [1.29, 1.82) is 0 Å². The second kappa shape index (κ2) is 39.5. The van der Waals surface area contributed by atoms with Crippen LogP contribution in [-0.2, 0) is 98.9 Å². The number of nitrogens with one attached hydrogen (secondary N) is 8. The third-order valence-corrected chi connectivity index (χ3v) is 23.4. The Balaban J connectivity index is 0.600. The van der Waals surface area contributed by atoms with E-state index in [1.807, 2.05) is 86.6 Å². The number of carbonyl (C=O) groups excluding carboxylic acids is 10. The van der Waals surface area contributed by atoms with Gasteiger partial charge in [-0.25, -0.2) is 9.59 Å². The lowest BCUT2D eigenvalue weighted by atomic mass is 9.49. The number of alkyl carbamates (subject to hydrolysis) is 1. The van der Waals surface area contributed by atoms with Crippen LogP contribution < -0.4 is 53.2 Å². The highest BCUT2D eigenvalue weighted by molar-refractivity contribution is 6.02. The summed E-state index contributed by atoms with van der Waals surface area (Å²) in [6, 6.07) is 28.4. The van der Waals surface area contributed by atoms with Crippen molar-refractivity contribution in [2.45, 2.75) is 180 Å². The Hall–Kier alpha value is -10.2. The second-order valence-electron chi connectivity index (χ2n) is 31.4. The number of hydrogen-bond acceptors (Lipinski definition) is 17. The summed E-state index contributed by atoms with van der Waals surface area (Å²) in [5.41, 5.74) is 11.7. The quantitative estimate of drug-likeness (QED) is 0.0102. The summed E-state index contributed by atoms with van der Waals surface area (Å²) >= 11 is 0. The molecule has 0 aromatic heterocycles. The van der Waals surface area contributed by atoms with Gasteiger partial charge in [-0.2, -0.15) is 0 Å². The van der Waals surface area contributed by atoms with Crippen molar-refractivity contribution in [2.24, 2.45) is 34.3 Å². The molecule has 5 aromatic carbocycles. The Morgan fingerprint density at radius 3 is 1.77 bits per heavy atom. The van der Waals surface area contributed by atoms with Gasteiger partial charge < -0.3 is 81.7 Å². The fraction of sp³-hybridized carbons (Fsp3) is 0.512. The Kier molecular flexibility index (Phi) is 29.8. The van der Waals surface area contributed by atoms with Crippen molar-refractivity contribution in [3.8, 4) is 17.6 Å². The van der Waals surface area contributed by atoms with Gasteiger partial charge in [0.05, 0.1) is 82.5 Å². The number of ether oxygens (including phenoxy) is 5. The van der Waals surface area contributed by atoms with Crippen LogP contribution in [0.15, 0.2) is 109 Å². The largest absolute Gasteiger partial charge is 0.508 e. The SMILES string of the molecule is CC(C)[C@H](NC(=O)CCOCCOCCOCCOCCNC(=O)CCC(=O)N1Cc2ccccc2C#Cc2ccccc21)C(=O)N[C@@H](CCCNC(N)=O)C(=O)Nc1ccc(COC(=O)N[C@@H](CO)C(=O)Nc2ccc3c(c2)[C@@]2(C)CCC[C@](C)(C(=O)NC(=O)[C@@]4(C)CCC[C@]5(C)c6cc(O)ccc6CC[C@@H]45)[C@@H]2CC3)cc1. The zero-order chi connectivity index (χ0) is 80.9. The second-order valence-corrected chi connectivity index (χ2v) is 31.4. The van der Waals surface area contributed by atoms with E-state index in [2.05, 4.69) is 68.2 Å². The fourth-order valence-electron chi connectivity index (χ4n) is 17.3. The van der Waals surface area contributed by atoms with Crippen LogP contribution >= 0.6 is 0 Å². The van der Waals surface area contributed by atoms with E-state index in [1.54, 1.807) is 55.1 Å². The Morgan fingerprint density at radius 2 is 1.13 bits per heavy atom. The Bertz CT molecular complexity index is 4310. The van der Waals surface area contributed by atoms with E-state index in [-0.39, 0.29) is 131 Å². The molecule has 1 heterocycles. The molecule has 5 aliphatic rings. The summed E-state index contributed by atoms with van der Waals surface area (Å²) in [6.45, 7) is 13.5. The molecule has 5 aromatic rings. The molecule has 11 amide bonds. The summed E-state index contributed by atoms with van der Waals surface area (Å²) in [6.07, 6.45) is 6.83. The van der Waals surface area contributed by atoms with Gasteiger partial charge in [0.15, 0.2) is 0 Å². The fourth-order valence-corrected chi connectivity index (χ4v) is 17.3. The first-order valence-corrected chi connectivity index (χ1v) is 39.5. The minimum absolute atomic E-state index is 0.0197. The third-order valence-electron chi connectivity index (χ3n) is 23.4. The molecular formula is C86H110N10O17. The minimum Gasteiger partial charge on any atom is -0.508 e. The smallest absolute Gasteiger partial charge is 0.408 e. The van der Waals surface area contributed by atoms with Crippen molar-refractivity contribution in [2.75, 3.05) is 88.1 Å². The number of aliphatic hydroxyl groups is 1. The van der Waals surface area contributed by atoms with Crippen molar-refractivity contribution >= 4 is 76.4 Å². The van der Waals surface area contributed by atoms with E-state index >= 15 is 0 Å². The van der Waals surface area contributed by atoms with Gasteiger partial charge in [-0.3, -0.25) is 43.7 Å². The molecule has 2 fully saturated rings. The number of phenols is 1. The van der Waals surface area contributed by atoms with Crippen LogP contribution in [0.2, 0.25) is 0 Å². The molecule has 1 aliphatic heterocycles. The highest BCUT2D eigenvalue weighted by atomic mass is 16.6. The van der Waals surface area contributed by atoms with Gasteiger partial charge in [0, 0.05) is 54.9 Å². The maximum absolute atomic E-state index is 14.8. The lowest BCUT2D eigenvalue weighted by molar-refractivity contribution is -0.150. The average molecular weight is 1560 g/mol. The highest BCUT2D eigenvalue weighted by Crippen LogP contribution is 2.60. The molecule has 0 unspecified atom stereocenters. The maximum Gasteiger partial charge on any atom is 0.408 e. The van der Waals surface area contributed by atoms with Gasteiger partial charge >= 0.3 is 12.1 Å². The molecule has 27 nitrogen and oxygen atoms in total. The zero-order valence-electron chi connectivity index (χ0n) is 65.7. The summed E-state index contributed by atoms with van der Waals surface area (Å²) in [5, 5.41) is 42.7. The van der Waals surface area contributed by atoms with Gasteiger partial charge in [0.2, 0.25) is 47.3 Å². The zero-order valence-corrected chi connectivity index (χ0v) is 65.7. The number of benzene rings is 5. The number of rotatable bonds is 36. The van der Waals surface area contributed by atoms with Crippen LogP contribution in [0.25, 0.3) is 0 Å². The van der Waals surface area contributed by atoms with Crippen molar-refractivity contribution in [3.05, 3.63) is 154 Å². The summed E-state index contributed by atoms with van der Waals surface area (Å²) < 4.78 is 27.8. The number of carbonyl (C=O) groups is 10. The lowest BCUT2D eigenvalue weighted by Crippen LogP contribution is -2.60. The molecule has 9 atom stereocenters. The van der Waals surface area contributed by atoms with Crippen LogP contribution in [-0.4, -0.2) is 160 Å². The first-order chi connectivity index (χ1) is 54.2. The number of aliphatic hydroxyl groups excluding tert-OH is 1. The average Bonchev–Trinajstić information content (AvgIpc) is 0.720. The van der Waals surface area contributed by atoms with Crippen molar-refractivity contribution < 1.29 is 81.8 Å². The minimum atomic E-state index is -1.40. The number of phenolic OH excluding ortho intramolecular Hbond substituents is 1. The molecule has 27 heteroatoms. The number of imide groups is 1. The number of nitrogens with two attached hydrogens (primary N) is 1. The van der Waals surface area contributed by atoms with Crippen molar-refractivity contribution in [3.63, 3.8) is 0 Å². The normalized spacial score (nSPS) is 21.2. The number of para-hydroxylation sites is 1. The van der Waals surface area contributed by atoms with E-state index in [9.17, 15) is 58.2 Å². The number of amides is 11. The number of nitrogens with zero attached hydrogens (tertiary/aromatic N) is 1. The van der Waals surface area contributed by atoms with E-state index in [1.165, 1.54) is 5.56 Å². The number of fused-ring (bicyclic) bond motifs is 8. The number of hydrogen-bond donors (Lipinski definition) is 11. The van der Waals surface area contributed by atoms with Crippen LogP contribution in [0, 0.1) is 40.4 Å². The highest BCUT2D eigenvalue weighted by Gasteiger charge is 2.59. The molecule has 2 saturated carbocycles. The predicted octanol–water partition coefficient (Wildman–Crippen LogP) is 8.29. The number of aromatic hydroxyl groups is 1. The monoisotopic (exact) mass is 1550 g/mol. The number of primary amides is 1. The van der Waals surface area contributed by atoms with Crippen LogP contribution in [0.5, 0.6) is 5.75 Å². The topological polar surface area (TPSA) is 383 Å². The summed E-state index contributed by atoms with van der Waals surface area (Å²) in [5.74, 6) is 2.74. The summed E-state index contributed by atoms with van der Waals surface area (Å²) in [4.78, 5) is 136. The molecule has 606 valence electrons. The van der Waals surface area contributed by atoms with Crippen LogP contribution in [0.4, 0.5) is 26.7 Å². The van der Waals surface area contributed by atoms with Crippen LogP contribution in [0.3, 0.4) is 0 Å². The first kappa shape index (κ1) is 85.2. The van der Waals surface area contributed by atoms with Gasteiger partial charge in [0.1, 0.15) is 30.5 Å². The van der Waals surface area contributed by atoms with Crippen molar-refractivity contribution in [1.82, 2.24) is 31.9 Å². The molecule has 0 bridgehead atoms. The molecule has 10 rings (SSSR count). The number of urea groups is 1. The third kappa shape index (κ3) is 21.8. The van der Waals surface area contributed by atoms with Gasteiger partial charge in [0.25, 0.3) is 0 Å². The maximum atomic E-state index is 14.8. The Labute approximate surface area is 660 Å². The van der Waals surface area contributed by atoms with E-state index in [0.29, 0.717) is 68.3 Å². The molecule has 113 heavy (non-hydrogen) atoms. The molecule has 0 spiro atoms. The number of aryl methyl sites for hydroxylation is 2. The van der Waals surface area contributed by atoms with Gasteiger partial charge in [-0.15, -0.1) is 0 Å². The first-order valence-electron chi connectivity index (χ1n) is 39.5. The standard InChI is InChI=1S/C86H110N10O17/c1-55(2)75(94-73(100)35-42-109-44-46-111-48-49-112-47-45-110-43-41-88-72(99)33-34-74(101)96-52-61-16-8-7-14-57(61)21-22-60-15-9-10-18-69(60)96)78(104)92-67(17-11-40-89-81(87)107)76(102)90-62-27-19-56(20-28-62)54-113-82(108)93-68(53-97)77(103)91-63-29-23-58-25-31-70-83(3,65(58)50-63)36-12-38-85(70,5)79(105)95-80(106)86(6)39-13-37-84(4)66-51-64(98)30-24-59(66)26-32-71(84)86/h7-10,14-16,18-20,23-24,27-30,50-51,55,67-68,70-71,75,97-98H,11-13,17,25-26,31-49,52-54H2,1-6H3,(H,88,99)(H,90,102)(H,91,103)(H,92,104)(H,93,108)(H,94,100)(H3,87,89,107)(H,95,105,106)/t67-,68-,70+,71+,75-,83+,84+,85-,86-/m0/s1. The number of anilines is 3. The van der Waals surface area contributed by atoms with E-state index in [4.69, 9.17) is 29.4 Å². The van der Waals surface area contributed by atoms with Crippen LogP contribution in [0.1, 0.15) is 170 Å². The Morgan fingerprint density at radius 1 is 0.566 bits per heavy atom. The van der Waals surface area contributed by atoms with E-state index < -0.39 is 82.6 Å². The summed E-state index contributed by atoms with van der Waals surface area (Å²) in [7, 11) is 0. The molecule has 0 saturated heterocycles. The molecular weight excluding hydrogens is 1440 g/mol. The molecule has 0 radical (unpaired) electrons. The molecule has 4 aliphatic carbocycles.